The highest BCUT2D eigenvalue weighted by Crippen LogP contribution is 2.40. The van der Waals surface area contributed by atoms with Crippen molar-refractivity contribution in [2.24, 2.45) is 11.7 Å². The molecule has 3 N–H and O–H groups in total. The van der Waals surface area contributed by atoms with E-state index in [-0.39, 0.29) is 0 Å². The van der Waals surface area contributed by atoms with Crippen molar-refractivity contribution in [1.29, 1.82) is 0 Å². The zero-order valence-electron chi connectivity index (χ0n) is 11.8. The minimum absolute atomic E-state index is 0.292. The highest BCUT2D eigenvalue weighted by Gasteiger charge is 2.28. The normalized spacial score (nSPS) is 17.4. The Morgan fingerprint density at radius 3 is 2.80 bits per heavy atom. The number of nitrogens with one attached hydrogen (secondary N) is 1. The quantitative estimate of drug-likeness (QED) is 0.896. The van der Waals surface area contributed by atoms with E-state index in [1.54, 1.807) is 6.92 Å². The Morgan fingerprint density at radius 1 is 1.45 bits per heavy atom. The van der Waals surface area contributed by atoms with E-state index in [1.807, 2.05) is 0 Å². The van der Waals surface area contributed by atoms with E-state index in [1.165, 1.54) is 16.2 Å². The molecule has 5 nitrogen and oxygen atoms in total. The first-order valence-electron chi connectivity index (χ1n) is 6.94. The third-order valence-electron chi connectivity index (χ3n) is 3.68. The van der Waals surface area contributed by atoms with Crippen LogP contribution in [0.2, 0.25) is 0 Å². The van der Waals surface area contributed by atoms with E-state index >= 15 is 0 Å². The van der Waals surface area contributed by atoms with E-state index in [4.69, 9.17) is 10.5 Å². The number of nitrogens with two attached hydrogens (primary N) is 1. The van der Waals surface area contributed by atoms with Crippen molar-refractivity contribution in [2.75, 3.05) is 11.9 Å². The summed E-state index contributed by atoms with van der Waals surface area (Å²) in [5.74, 6) is 0.168. The molecule has 6 heteroatoms. The molecule has 20 heavy (non-hydrogen) atoms. The SMILES string of the molecule is CCOC(=O)Nc1sc2c(c1C(N)=O)CCC(CC)C2. The van der Waals surface area contributed by atoms with Gasteiger partial charge in [0.15, 0.2) is 0 Å². The molecule has 0 aromatic carbocycles. The summed E-state index contributed by atoms with van der Waals surface area (Å²) in [6, 6.07) is 0. The van der Waals surface area contributed by atoms with Crippen molar-refractivity contribution in [3.8, 4) is 0 Å². The fraction of sp³-hybridized carbons (Fsp3) is 0.571. The first kappa shape index (κ1) is 14.8. The predicted molar refractivity (Wildman–Crippen MR) is 79.3 cm³/mol. The first-order chi connectivity index (χ1) is 9.56. The molecule has 0 fully saturated rings. The third-order valence-corrected chi connectivity index (χ3v) is 4.85. The number of primary amides is 1. The van der Waals surface area contributed by atoms with Crippen LogP contribution in [0, 0.1) is 5.92 Å². The Hall–Kier alpha value is -1.56. The van der Waals surface area contributed by atoms with Gasteiger partial charge in [0.05, 0.1) is 12.2 Å². The van der Waals surface area contributed by atoms with E-state index in [2.05, 4.69) is 12.2 Å². The number of amides is 2. The van der Waals surface area contributed by atoms with Crippen LogP contribution < -0.4 is 11.1 Å². The summed E-state index contributed by atoms with van der Waals surface area (Å²) >= 11 is 1.45. The molecule has 2 rings (SSSR count). The molecule has 0 spiro atoms. The summed E-state index contributed by atoms with van der Waals surface area (Å²) in [6.45, 7) is 4.21. The average Bonchev–Trinajstić information content (AvgIpc) is 2.75. The summed E-state index contributed by atoms with van der Waals surface area (Å²) in [6.07, 6.45) is 3.47. The minimum atomic E-state index is -0.541. The second kappa shape index (κ2) is 6.26. The van der Waals surface area contributed by atoms with Gasteiger partial charge in [-0.2, -0.15) is 0 Å². The van der Waals surface area contributed by atoms with E-state index in [9.17, 15) is 9.59 Å². The lowest BCUT2D eigenvalue weighted by Crippen LogP contribution is -2.20. The summed E-state index contributed by atoms with van der Waals surface area (Å²) in [5.41, 5.74) is 6.95. The second-order valence-corrected chi connectivity index (χ2v) is 6.04. The standard InChI is InChI=1S/C14H20N2O3S/c1-3-8-5-6-9-10(7-8)20-13(11(9)12(15)17)16-14(18)19-4-2/h8H,3-7H2,1-2H3,(H2,15,17)(H,16,18). The number of ether oxygens (including phenoxy) is 1. The summed E-state index contributed by atoms with van der Waals surface area (Å²) in [7, 11) is 0. The number of rotatable bonds is 4. The lowest BCUT2D eigenvalue weighted by atomic mass is 9.85. The van der Waals surface area contributed by atoms with Crippen LogP contribution in [0.1, 0.15) is 47.5 Å². The van der Waals surface area contributed by atoms with Gasteiger partial charge in [-0.3, -0.25) is 10.1 Å². The number of fused-ring (bicyclic) bond motifs is 1. The molecule has 110 valence electrons. The Balaban J connectivity index is 2.30. The van der Waals surface area contributed by atoms with Gasteiger partial charge in [0, 0.05) is 4.88 Å². The lowest BCUT2D eigenvalue weighted by Gasteiger charge is -2.20. The zero-order chi connectivity index (χ0) is 14.7. The molecule has 1 unspecified atom stereocenters. The van der Waals surface area contributed by atoms with Gasteiger partial charge in [-0.1, -0.05) is 13.3 Å². The molecule has 1 aromatic rings. The summed E-state index contributed by atoms with van der Waals surface area (Å²) < 4.78 is 4.86. The fourth-order valence-electron chi connectivity index (χ4n) is 2.61. The van der Waals surface area contributed by atoms with Crippen molar-refractivity contribution in [3.63, 3.8) is 0 Å². The van der Waals surface area contributed by atoms with E-state index in [0.717, 1.165) is 31.2 Å². The van der Waals surface area contributed by atoms with Crippen molar-refractivity contribution >= 4 is 28.3 Å². The van der Waals surface area contributed by atoms with Crippen LogP contribution >= 0.6 is 11.3 Å². The molecule has 0 saturated carbocycles. The van der Waals surface area contributed by atoms with Crippen molar-refractivity contribution in [3.05, 3.63) is 16.0 Å². The fourth-order valence-corrected chi connectivity index (χ4v) is 3.96. The molecule has 0 bridgehead atoms. The molecule has 1 aromatic heterocycles. The van der Waals surface area contributed by atoms with Crippen LogP contribution in [0.15, 0.2) is 0 Å². The molecule has 1 heterocycles. The number of anilines is 1. The summed E-state index contributed by atoms with van der Waals surface area (Å²) in [5, 5.41) is 3.17. The van der Waals surface area contributed by atoms with Gasteiger partial charge in [-0.05, 0) is 37.7 Å². The maximum Gasteiger partial charge on any atom is 0.412 e. The zero-order valence-corrected chi connectivity index (χ0v) is 12.6. The Labute approximate surface area is 122 Å². The van der Waals surface area contributed by atoms with Crippen LogP contribution in [0.4, 0.5) is 9.80 Å². The maximum atomic E-state index is 11.7. The van der Waals surface area contributed by atoms with E-state index in [0.29, 0.717) is 23.1 Å². The largest absolute Gasteiger partial charge is 0.450 e. The van der Waals surface area contributed by atoms with Gasteiger partial charge < -0.3 is 10.5 Å². The summed E-state index contributed by atoms with van der Waals surface area (Å²) in [4.78, 5) is 24.4. The maximum absolute atomic E-state index is 11.7. The average molecular weight is 296 g/mol. The van der Waals surface area contributed by atoms with Crippen LogP contribution in [0.5, 0.6) is 0 Å². The molecule has 0 saturated heterocycles. The predicted octanol–water partition coefficient (Wildman–Crippen LogP) is 2.93. The van der Waals surface area contributed by atoms with Crippen LogP contribution in [0.25, 0.3) is 0 Å². The van der Waals surface area contributed by atoms with Gasteiger partial charge in [-0.25, -0.2) is 4.79 Å². The van der Waals surface area contributed by atoms with Gasteiger partial charge >= 0.3 is 6.09 Å². The van der Waals surface area contributed by atoms with Gasteiger partial charge in [0.2, 0.25) is 0 Å². The highest BCUT2D eigenvalue weighted by atomic mass is 32.1. The van der Waals surface area contributed by atoms with Crippen molar-refractivity contribution in [2.45, 2.75) is 39.5 Å². The second-order valence-electron chi connectivity index (χ2n) is 4.93. The number of hydrogen-bond acceptors (Lipinski definition) is 4. The molecule has 0 aliphatic heterocycles. The molecule has 0 radical (unpaired) electrons. The molecular formula is C14H20N2O3S. The third kappa shape index (κ3) is 2.95. The minimum Gasteiger partial charge on any atom is -0.450 e. The molecule has 1 aliphatic carbocycles. The Bertz CT molecular complexity index is 525. The lowest BCUT2D eigenvalue weighted by molar-refractivity contribution is 0.1000. The number of carbonyl (C=O) groups is 2. The smallest absolute Gasteiger partial charge is 0.412 e. The van der Waals surface area contributed by atoms with Crippen molar-refractivity contribution in [1.82, 2.24) is 0 Å². The van der Waals surface area contributed by atoms with Crippen LogP contribution in [-0.4, -0.2) is 18.6 Å². The molecule has 2 amide bonds. The Morgan fingerprint density at radius 2 is 2.20 bits per heavy atom. The first-order valence-corrected chi connectivity index (χ1v) is 7.76. The van der Waals surface area contributed by atoms with Crippen LogP contribution in [0.3, 0.4) is 0 Å². The molecule has 1 atom stereocenters. The molecule has 1 aliphatic rings. The van der Waals surface area contributed by atoms with Gasteiger partial charge in [-0.15, -0.1) is 11.3 Å². The number of hydrogen-bond donors (Lipinski definition) is 2. The van der Waals surface area contributed by atoms with Crippen LogP contribution in [-0.2, 0) is 17.6 Å². The van der Waals surface area contributed by atoms with Gasteiger partial charge in [0.25, 0.3) is 5.91 Å². The molecular weight excluding hydrogens is 276 g/mol. The number of thiophene rings is 1. The monoisotopic (exact) mass is 296 g/mol. The Kier molecular flexibility index (Phi) is 4.65. The van der Waals surface area contributed by atoms with E-state index < -0.39 is 12.0 Å². The highest BCUT2D eigenvalue weighted by molar-refractivity contribution is 7.17. The topological polar surface area (TPSA) is 81.4 Å². The van der Waals surface area contributed by atoms with Crippen molar-refractivity contribution < 1.29 is 14.3 Å². The number of carbonyl (C=O) groups excluding carboxylic acids is 2. The van der Waals surface area contributed by atoms with Gasteiger partial charge in [0.1, 0.15) is 5.00 Å².